The van der Waals surface area contributed by atoms with Gasteiger partial charge in [0.15, 0.2) is 11.5 Å². The van der Waals surface area contributed by atoms with Gasteiger partial charge in [-0.15, -0.1) is 11.3 Å². The minimum absolute atomic E-state index is 0.0178. The number of piperidine rings is 1. The van der Waals surface area contributed by atoms with E-state index in [9.17, 15) is 9.59 Å². The minimum Gasteiger partial charge on any atom is -0.493 e. The predicted octanol–water partition coefficient (Wildman–Crippen LogP) is 5.65. The number of thiophene rings is 1. The number of methoxy groups -OCH3 is 2. The van der Waals surface area contributed by atoms with Gasteiger partial charge in [0.1, 0.15) is 0 Å². The molecule has 0 aliphatic carbocycles. The molecular weight excluding hydrogens is 448 g/mol. The normalized spacial score (nSPS) is 15.6. The molecule has 0 saturated carbocycles. The Morgan fingerprint density at radius 3 is 2.65 bits per heavy atom. The van der Waals surface area contributed by atoms with E-state index >= 15 is 0 Å². The maximum Gasteiger partial charge on any atom is 0.265 e. The van der Waals surface area contributed by atoms with Gasteiger partial charge in [0.05, 0.1) is 19.1 Å². The van der Waals surface area contributed by atoms with Crippen molar-refractivity contribution in [3.8, 4) is 11.5 Å². The number of hydrogen-bond donors (Lipinski definition) is 1. The van der Waals surface area contributed by atoms with E-state index in [1.807, 2.05) is 46.7 Å². The first-order valence-electron chi connectivity index (χ1n) is 11.6. The number of nitrogens with zero attached hydrogens (tertiary/aromatic N) is 1. The number of likely N-dealkylation sites (tertiary alicyclic amines) is 1. The molecule has 1 unspecified atom stereocenters. The van der Waals surface area contributed by atoms with Gasteiger partial charge in [-0.1, -0.05) is 18.2 Å². The smallest absolute Gasteiger partial charge is 0.265 e. The van der Waals surface area contributed by atoms with E-state index in [1.54, 1.807) is 26.4 Å². The van der Waals surface area contributed by atoms with E-state index in [0.717, 1.165) is 50.0 Å². The van der Waals surface area contributed by atoms with Crippen LogP contribution in [0.2, 0.25) is 0 Å². The van der Waals surface area contributed by atoms with Crippen LogP contribution in [0.25, 0.3) is 0 Å². The molecule has 1 N–H and O–H groups in total. The number of carbonyl (C=O) groups excluding carboxylic acids is 2. The third-order valence-corrected chi connectivity index (χ3v) is 7.08. The molecule has 1 fully saturated rings. The molecule has 0 bridgehead atoms. The van der Waals surface area contributed by atoms with Crippen LogP contribution in [0.3, 0.4) is 0 Å². The molecule has 1 aromatic heterocycles. The van der Waals surface area contributed by atoms with Crippen LogP contribution in [-0.2, 0) is 6.42 Å². The zero-order chi connectivity index (χ0) is 23.9. The van der Waals surface area contributed by atoms with E-state index in [4.69, 9.17) is 9.47 Å². The number of amides is 2. The molecule has 1 aliphatic rings. The Bertz CT molecular complexity index is 1130. The number of hydrogen-bond acceptors (Lipinski definition) is 5. The Labute approximate surface area is 204 Å². The average molecular weight is 479 g/mol. The lowest BCUT2D eigenvalue weighted by Crippen LogP contribution is -2.44. The van der Waals surface area contributed by atoms with Crippen molar-refractivity contribution < 1.29 is 19.1 Å². The third kappa shape index (κ3) is 5.59. The third-order valence-electron chi connectivity index (χ3n) is 6.21. The van der Waals surface area contributed by atoms with Gasteiger partial charge in [0.2, 0.25) is 0 Å². The second-order valence-corrected chi connectivity index (χ2v) is 9.34. The standard InChI is InChI=1S/C27H30N2O4S/c1-32-23-14-12-19(17-24(23)33-2)11-13-22-9-3-4-15-29(22)27(31)20-7-5-8-21(18-20)28-26(30)25-10-6-16-34-25/h5-8,10,12,14,16-18,22H,3-4,9,11,13,15H2,1-2H3,(H,28,30). The van der Waals surface area contributed by atoms with E-state index < -0.39 is 0 Å². The van der Waals surface area contributed by atoms with Crippen LogP contribution in [0.5, 0.6) is 11.5 Å². The topological polar surface area (TPSA) is 67.9 Å². The quantitative estimate of drug-likeness (QED) is 0.455. The summed E-state index contributed by atoms with van der Waals surface area (Å²) in [5.74, 6) is 1.29. The summed E-state index contributed by atoms with van der Waals surface area (Å²) in [4.78, 5) is 28.5. The van der Waals surface area contributed by atoms with E-state index in [1.165, 1.54) is 11.3 Å². The molecule has 3 aromatic rings. The SMILES string of the molecule is COc1ccc(CCC2CCCCN2C(=O)c2cccc(NC(=O)c3cccs3)c2)cc1OC. The molecule has 0 spiro atoms. The first-order valence-corrected chi connectivity index (χ1v) is 12.4. The van der Waals surface area contributed by atoms with Gasteiger partial charge in [0.25, 0.3) is 11.8 Å². The molecule has 2 heterocycles. The molecule has 1 saturated heterocycles. The summed E-state index contributed by atoms with van der Waals surface area (Å²) in [5.41, 5.74) is 2.39. The fraction of sp³-hybridized carbons (Fsp3) is 0.333. The molecule has 34 heavy (non-hydrogen) atoms. The molecular formula is C27H30N2O4S. The van der Waals surface area contributed by atoms with Crippen molar-refractivity contribution in [3.63, 3.8) is 0 Å². The number of rotatable bonds is 8. The van der Waals surface area contributed by atoms with Crippen molar-refractivity contribution in [1.82, 2.24) is 4.90 Å². The van der Waals surface area contributed by atoms with Crippen LogP contribution < -0.4 is 14.8 Å². The first kappa shape index (κ1) is 23.8. The van der Waals surface area contributed by atoms with E-state index in [2.05, 4.69) is 11.4 Å². The second kappa shape index (κ2) is 11.2. The lowest BCUT2D eigenvalue weighted by molar-refractivity contribution is 0.0601. The van der Waals surface area contributed by atoms with Crippen LogP contribution in [0, 0.1) is 0 Å². The molecule has 6 nitrogen and oxygen atoms in total. The summed E-state index contributed by atoms with van der Waals surface area (Å²) < 4.78 is 10.8. The zero-order valence-corrected chi connectivity index (χ0v) is 20.4. The fourth-order valence-electron chi connectivity index (χ4n) is 4.43. The van der Waals surface area contributed by atoms with E-state index in [0.29, 0.717) is 21.9 Å². The Morgan fingerprint density at radius 1 is 1.03 bits per heavy atom. The second-order valence-electron chi connectivity index (χ2n) is 8.39. The van der Waals surface area contributed by atoms with Gasteiger partial charge in [-0.05, 0) is 79.4 Å². The van der Waals surface area contributed by atoms with Crippen LogP contribution in [0.4, 0.5) is 5.69 Å². The van der Waals surface area contributed by atoms with Crippen LogP contribution >= 0.6 is 11.3 Å². The number of aryl methyl sites for hydroxylation is 1. The highest BCUT2D eigenvalue weighted by Crippen LogP contribution is 2.30. The van der Waals surface area contributed by atoms with Gasteiger partial charge in [0, 0.05) is 23.8 Å². The molecule has 7 heteroatoms. The van der Waals surface area contributed by atoms with Crippen LogP contribution in [-0.4, -0.2) is 43.5 Å². The van der Waals surface area contributed by atoms with Crippen LogP contribution in [0.1, 0.15) is 51.3 Å². The highest BCUT2D eigenvalue weighted by molar-refractivity contribution is 7.12. The maximum absolute atomic E-state index is 13.5. The molecule has 1 aliphatic heterocycles. The summed E-state index contributed by atoms with van der Waals surface area (Å²) in [6.07, 6.45) is 4.86. The molecule has 1 atom stereocenters. The molecule has 2 amide bonds. The van der Waals surface area contributed by atoms with Crippen molar-refractivity contribution >= 4 is 28.8 Å². The molecule has 4 rings (SSSR count). The average Bonchev–Trinajstić information content (AvgIpc) is 3.42. The van der Waals surface area contributed by atoms with Gasteiger partial charge >= 0.3 is 0 Å². The molecule has 0 radical (unpaired) electrons. The Balaban J connectivity index is 1.44. The summed E-state index contributed by atoms with van der Waals surface area (Å²) in [6.45, 7) is 0.751. The van der Waals surface area contributed by atoms with Gasteiger partial charge in [-0.3, -0.25) is 9.59 Å². The number of ether oxygens (including phenoxy) is 2. The first-order chi connectivity index (χ1) is 16.6. The summed E-state index contributed by atoms with van der Waals surface area (Å²) in [6, 6.07) is 17.0. The highest BCUT2D eigenvalue weighted by Gasteiger charge is 2.27. The van der Waals surface area contributed by atoms with E-state index in [-0.39, 0.29) is 17.9 Å². The van der Waals surface area contributed by atoms with Crippen molar-refractivity contribution in [2.75, 3.05) is 26.1 Å². The van der Waals surface area contributed by atoms with Gasteiger partial charge in [-0.25, -0.2) is 0 Å². The van der Waals surface area contributed by atoms with Crippen molar-refractivity contribution in [2.24, 2.45) is 0 Å². The summed E-state index contributed by atoms with van der Waals surface area (Å²) >= 11 is 1.39. The minimum atomic E-state index is -0.162. The van der Waals surface area contributed by atoms with Gasteiger partial charge in [-0.2, -0.15) is 0 Å². The summed E-state index contributed by atoms with van der Waals surface area (Å²) in [5, 5.41) is 4.77. The summed E-state index contributed by atoms with van der Waals surface area (Å²) in [7, 11) is 3.27. The monoisotopic (exact) mass is 478 g/mol. The van der Waals surface area contributed by atoms with Crippen molar-refractivity contribution in [2.45, 2.75) is 38.1 Å². The number of carbonyl (C=O) groups is 2. The Hall–Kier alpha value is -3.32. The lowest BCUT2D eigenvalue weighted by Gasteiger charge is -2.36. The largest absolute Gasteiger partial charge is 0.493 e. The number of anilines is 1. The lowest BCUT2D eigenvalue weighted by atomic mass is 9.95. The number of benzene rings is 2. The zero-order valence-electron chi connectivity index (χ0n) is 19.6. The van der Waals surface area contributed by atoms with Crippen molar-refractivity contribution in [1.29, 1.82) is 0 Å². The fourth-order valence-corrected chi connectivity index (χ4v) is 5.05. The Morgan fingerprint density at radius 2 is 1.88 bits per heavy atom. The maximum atomic E-state index is 13.5. The highest BCUT2D eigenvalue weighted by atomic mass is 32.1. The number of nitrogens with one attached hydrogen (secondary N) is 1. The van der Waals surface area contributed by atoms with Crippen LogP contribution in [0.15, 0.2) is 60.0 Å². The molecule has 2 aromatic carbocycles. The predicted molar refractivity (Wildman–Crippen MR) is 135 cm³/mol. The Kier molecular flexibility index (Phi) is 7.85. The molecule has 178 valence electrons. The van der Waals surface area contributed by atoms with Gasteiger partial charge < -0.3 is 19.7 Å². The van der Waals surface area contributed by atoms with Crippen molar-refractivity contribution in [3.05, 3.63) is 76.0 Å².